The largest absolute Gasteiger partial charge is 0.390 e. The maximum atomic E-state index is 11.0. The molecule has 3 aromatic heterocycles. The number of fused-ring (bicyclic) bond motifs is 3. The third kappa shape index (κ3) is 2.78. The monoisotopic (exact) mass is 494 g/mol. The van der Waals surface area contributed by atoms with Gasteiger partial charge in [-0.3, -0.25) is 0 Å². The molecule has 6 rings (SSSR count). The maximum absolute atomic E-state index is 11.0. The van der Waals surface area contributed by atoms with Crippen molar-refractivity contribution in [2.45, 2.75) is 37.5 Å². The van der Waals surface area contributed by atoms with Crippen molar-refractivity contribution in [3.63, 3.8) is 0 Å². The third-order valence-corrected chi connectivity index (χ3v) is 8.09. The van der Waals surface area contributed by atoms with Gasteiger partial charge in [-0.15, -0.1) is 0 Å². The molecule has 0 amide bonds. The fraction of sp³-hybridized carbons (Fsp3) is 0.348. The number of nitrogens with zero attached hydrogens (tertiary/aromatic N) is 4. The Morgan fingerprint density at radius 2 is 1.97 bits per heavy atom. The quantitative estimate of drug-likeness (QED) is 0.342. The summed E-state index contributed by atoms with van der Waals surface area (Å²) in [6.45, 7) is 0. The second-order valence-corrected chi connectivity index (χ2v) is 9.93. The Kier molecular flexibility index (Phi) is 4.27. The normalized spacial score (nSPS) is 29.0. The summed E-state index contributed by atoms with van der Waals surface area (Å²) in [7, 11) is 0. The fourth-order valence-corrected chi connectivity index (χ4v) is 6.01. The van der Waals surface area contributed by atoms with Gasteiger partial charge in [0, 0.05) is 17.0 Å². The molecule has 8 nitrogen and oxygen atoms in total. The summed E-state index contributed by atoms with van der Waals surface area (Å²) in [5.41, 5.74) is 14.3. The van der Waals surface area contributed by atoms with Crippen LogP contribution < -0.4 is 11.5 Å². The molecular formula is C23H23BrN6O2. The lowest BCUT2D eigenvalue weighted by Gasteiger charge is -2.24. The molecule has 2 saturated carbocycles. The van der Waals surface area contributed by atoms with Crippen LogP contribution in [0.4, 0.5) is 11.6 Å². The molecule has 32 heavy (non-hydrogen) atoms. The minimum absolute atomic E-state index is 0.185. The fourth-order valence-electron chi connectivity index (χ4n) is 5.68. The van der Waals surface area contributed by atoms with Gasteiger partial charge in [-0.2, -0.15) is 0 Å². The molecule has 2 fully saturated rings. The van der Waals surface area contributed by atoms with E-state index in [1.807, 2.05) is 29.0 Å². The molecule has 0 spiro atoms. The molecule has 0 bridgehead atoms. The minimum atomic E-state index is -0.851. The van der Waals surface area contributed by atoms with E-state index >= 15 is 0 Å². The highest BCUT2D eigenvalue weighted by Crippen LogP contribution is 2.69. The van der Waals surface area contributed by atoms with E-state index in [9.17, 15) is 10.2 Å². The van der Waals surface area contributed by atoms with Crippen molar-refractivity contribution < 1.29 is 10.2 Å². The van der Waals surface area contributed by atoms with Gasteiger partial charge < -0.3 is 26.2 Å². The van der Waals surface area contributed by atoms with Gasteiger partial charge in [0.1, 0.15) is 29.7 Å². The number of nitrogen functional groups attached to an aromatic ring is 2. The summed E-state index contributed by atoms with van der Waals surface area (Å²) < 4.78 is 2.75. The summed E-state index contributed by atoms with van der Waals surface area (Å²) in [5.74, 6) is 1.07. The lowest BCUT2D eigenvalue weighted by atomic mass is 9.91. The Bertz CT molecular complexity index is 1370. The van der Waals surface area contributed by atoms with Gasteiger partial charge in [0.25, 0.3) is 0 Å². The third-order valence-electron chi connectivity index (χ3n) is 7.46. The van der Waals surface area contributed by atoms with Crippen molar-refractivity contribution in [1.82, 2.24) is 19.5 Å². The lowest BCUT2D eigenvalue weighted by molar-refractivity contribution is -0.0191. The van der Waals surface area contributed by atoms with Crippen LogP contribution in [0.3, 0.4) is 0 Å². The van der Waals surface area contributed by atoms with Gasteiger partial charge in [0.05, 0.1) is 27.5 Å². The predicted molar refractivity (Wildman–Crippen MR) is 126 cm³/mol. The number of benzene rings is 1. The van der Waals surface area contributed by atoms with Gasteiger partial charge in [-0.25, -0.2) is 15.0 Å². The van der Waals surface area contributed by atoms with Crippen molar-refractivity contribution in [2.75, 3.05) is 11.5 Å². The molecule has 1 aromatic carbocycles. The second kappa shape index (κ2) is 6.87. The molecule has 0 aliphatic heterocycles. The van der Waals surface area contributed by atoms with Gasteiger partial charge in [-0.1, -0.05) is 12.1 Å². The second-order valence-electron chi connectivity index (χ2n) is 9.07. The Morgan fingerprint density at radius 3 is 2.81 bits per heavy atom. The van der Waals surface area contributed by atoms with Crippen molar-refractivity contribution >= 4 is 49.5 Å². The topological polar surface area (TPSA) is 136 Å². The van der Waals surface area contributed by atoms with Crippen molar-refractivity contribution in [1.29, 1.82) is 0 Å². The zero-order valence-electron chi connectivity index (χ0n) is 17.2. The molecule has 0 saturated heterocycles. The first-order valence-electron chi connectivity index (χ1n) is 10.7. The number of hydrogen-bond donors (Lipinski definition) is 4. The van der Waals surface area contributed by atoms with Gasteiger partial charge in [0.2, 0.25) is 0 Å². The van der Waals surface area contributed by atoms with Crippen molar-refractivity contribution in [3.8, 4) is 0 Å². The van der Waals surface area contributed by atoms with Crippen LogP contribution in [0.5, 0.6) is 0 Å². The molecule has 9 heteroatoms. The molecular weight excluding hydrogens is 472 g/mol. The van der Waals surface area contributed by atoms with Gasteiger partial charge in [0.15, 0.2) is 0 Å². The minimum Gasteiger partial charge on any atom is -0.390 e. The molecule has 3 heterocycles. The molecule has 0 unspecified atom stereocenters. The Labute approximate surface area is 192 Å². The molecule has 2 aliphatic carbocycles. The van der Waals surface area contributed by atoms with E-state index in [2.05, 4.69) is 43.0 Å². The lowest BCUT2D eigenvalue weighted by Crippen LogP contribution is -2.34. The van der Waals surface area contributed by atoms with Gasteiger partial charge >= 0.3 is 0 Å². The summed E-state index contributed by atoms with van der Waals surface area (Å²) in [6.07, 6.45) is 4.16. The number of aliphatic hydroxyl groups is 2. The van der Waals surface area contributed by atoms with Crippen LogP contribution in [0.2, 0.25) is 0 Å². The number of hydrogen-bond acceptors (Lipinski definition) is 7. The highest BCUT2D eigenvalue weighted by atomic mass is 79.9. The van der Waals surface area contributed by atoms with E-state index in [0.29, 0.717) is 17.3 Å². The van der Waals surface area contributed by atoms with Gasteiger partial charge in [-0.05, 0) is 64.9 Å². The molecule has 5 atom stereocenters. The van der Waals surface area contributed by atoms with Crippen LogP contribution in [-0.2, 0) is 6.42 Å². The van der Waals surface area contributed by atoms with Crippen molar-refractivity contribution in [3.05, 3.63) is 52.9 Å². The average molecular weight is 495 g/mol. The molecule has 2 aliphatic rings. The molecule has 6 N–H and O–H groups in total. The van der Waals surface area contributed by atoms with E-state index in [4.69, 9.17) is 11.5 Å². The van der Waals surface area contributed by atoms with Crippen LogP contribution >= 0.6 is 15.9 Å². The maximum Gasteiger partial charge on any atom is 0.145 e. The number of pyridine rings is 1. The Balaban J connectivity index is 1.26. The Hall–Kier alpha value is -2.75. The summed E-state index contributed by atoms with van der Waals surface area (Å²) in [5, 5.41) is 23.7. The molecule has 4 aromatic rings. The highest BCUT2D eigenvalue weighted by molar-refractivity contribution is 9.10. The number of anilines is 2. The van der Waals surface area contributed by atoms with Crippen molar-refractivity contribution in [2.24, 2.45) is 11.3 Å². The number of rotatable bonds is 4. The SMILES string of the molecule is Nc1nc2cc(CC[C@@]34C[C@@H]3[C@@H](n3ccc5c(N)ncnc53)[C@H](O)[C@@H]4O)ccc2cc1Br. The molecule has 0 radical (unpaired) electrons. The zero-order valence-corrected chi connectivity index (χ0v) is 18.8. The number of halogens is 1. The number of aliphatic hydroxyl groups excluding tert-OH is 2. The van der Waals surface area contributed by atoms with E-state index in [0.717, 1.165) is 45.6 Å². The van der Waals surface area contributed by atoms with Crippen LogP contribution in [0.25, 0.3) is 21.9 Å². The summed E-state index contributed by atoms with van der Waals surface area (Å²) in [6, 6.07) is 9.81. The van der Waals surface area contributed by atoms with Crippen LogP contribution in [-0.4, -0.2) is 41.9 Å². The summed E-state index contributed by atoms with van der Waals surface area (Å²) in [4.78, 5) is 12.9. The van der Waals surface area contributed by atoms with Crippen LogP contribution in [0, 0.1) is 11.3 Å². The number of nitrogens with two attached hydrogens (primary N) is 2. The van der Waals surface area contributed by atoms with E-state index in [1.165, 1.54) is 6.33 Å². The first-order chi connectivity index (χ1) is 15.4. The van der Waals surface area contributed by atoms with E-state index in [1.54, 1.807) is 0 Å². The smallest absolute Gasteiger partial charge is 0.145 e. The number of aryl methyl sites for hydroxylation is 1. The highest BCUT2D eigenvalue weighted by Gasteiger charge is 2.70. The van der Waals surface area contributed by atoms with Crippen LogP contribution in [0.15, 0.2) is 47.3 Å². The van der Waals surface area contributed by atoms with Crippen LogP contribution in [0.1, 0.15) is 24.4 Å². The standard InChI is InChI=1S/C23H23BrN6O2/c24-15-8-12-2-1-11(7-16(12)29-21(15)26)3-5-23-9-14(23)17(18(31)19(23)32)30-6-4-13-20(25)27-10-28-22(13)30/h1-2,4,6-8,10,14,17-19,31-32H,3,5,9H2,(H2,26,29)(H2,25,27,28)/t14-,17-,18+,19+,23-/m1/s1. The number of aromatic nitrogens is 4. The summed E-state index contributed by atoms with van der Waals surface area (Å²) >= 11 is 3.42. The Morgan fingerprint density at radius 1 is 1.12 bits per heavy atom. The first-order valence-corrected chi connectivity index (χ1v) is 11.5. The van der Waals surface area contributed by atoms with E-state index in [-0.39, 0.29) is 17.4 Å². The molecule has 164 valence electrons. The first kappa shape index (κ1) is 19.9. The zero-order chi connectivity index (χ0) is 22.2. The predicted octanol–water partition coefficient (Wildman–Crippen LogP) is 2.82. The average Bonchev–Trinajstić information content (AvgIpc) is 3.27. The van der Waals surface area contributed by atoms with E-state index < -0.39 is 12.2 Å².